The Morgan fingerprint density at radius 3 is 2.77 bits per heavy atom. The van der Waals surface area contributed by atoms with Crippen molar-refractivity contribution in [1.29, 1.82) is 0 Å². The van der Waals surface area contributed by atoms with Gasteiger partial charge in [-0.3, -0.25) is 4.79 Å². The van der Waals surface area contributed by atoms with Crippen LogP contribution in [0.25, 0.3) is 0 Å². The first kappa shape index (κ1) is 15.2. The zero-order valence-electron chi connectivity index (χ0n) is 13.2. The molecule has 0 unspecified atom stereocenters. The molecule has 1 aliphatic heterocycles. The Bertz CT molecular complexity index is 498. The predicted octanol–water partition coefficient (Wildman–Crippen LogP) is 1.34. The summed E-state index contributed by atoms with van der Waals surface area (Å²) < 4.78 is 0. The van der Waals surface area contributed by atoms with Crippen LogP contribution in [0.3, 0.4) is 0 Å². The molecule has 2 heterocycles. The van der Waals surface area contributed by atoms with E-state index in [1.165, 1.54) is 19.3 Å². The molecule has 120 valence electrons. The van der Waals surface area contributed by atoms with Crippen molar-refractivity contribution in [3.05, 3.63) is 18.1 Å². The van der Waals surface area contributed by atoms with Gasteiger partial charge in [-0.2, -0.15) is 0 Å². The molecular weight excluding hydrogens is 278 g/mol. The van der Waals surface area contributed by atoms with Gasteiger partial charge in [0.1, 0.15) is 11.5 Å². The fourth-order valence-corrected chi connectivity index (χ4v) is 3.27. The summed E-state index contributed by atoms with van der Waals surface area (Å²) in [5.41, 5.74) is 0.414. The van der Waals surface area contributed by atoms with Gasteiger partial charge < -0.3 is 15.5 Å². The minimum absolute atomic E-state index is 0.0979. The van der Waals surface area contributed by atoms with Crippen LogP contribution in [0.15, 0.2) is 12.4 Å². The van der Waals surface area contributed by atoms with Crippen molar-refractivity contribution < 1.29 is 4.79 Å². The molecule has 0 spiro atoms. The second kappa shape index (κ2) is 7.05. The number of anilines is 1. The molecule has 6 nitrogen and oxygen atoms in total. The summed E-state index contributed by atoms with van der Waals surface area (Å²) >= 11 is 0. The molecule has 1 saturated carbocycles. The number of carbonyl (C=O) groups excluding carboxylic acids is 1. The first-order valence-electron chi connectivity index (χ1n) is 8.34. The molecule has 3 rings (SSSR count). The maximum absolute atomic E-state index is 12.2. The van der Waals surface area contributed by atoms with E-state index in [2.05, 4.69) is 32.4 Å². The third kappa shape index (κ3) is 3.55. The lowest BCUT2D eigenvalue weighted by Gasteiger charge is -2.34. The summed E-state index contributed by atoms with van der Waals surface area (Å²) in [5.74, 6) is 0.752. The topological polar surface area (TPSA) is 70.2 Å². The molecule has 1 amide bonds. The van der Waals surface area contributed by atoms with Crippen LogP contribution in [-0.2, 0) is 0 Å². The highest BCUT2D eigenvalue weighted by Crippen LogP contribution is 2.18. The molecule has 1 atom stereocenters. The van der Waals surface area contributed by atoms with Gasteiger partial charge in [0.05, 0.1) is 12.4 Å². The smallest absolute Gasteiger partial charge is 0.271 e. The molecular formula is C16H25N5O. The fourth-order valence-electron chi connectivity index (χ4n) is 3.27. The van der Waals surface area contributed by atoms with Gasteiger partial charge in [0.2, 0.25) is 0 Å². The largest absolute Gasteiger partial charge is 0.350 e. The fraction of sp³-hybridized carbons (Fsp3) is 0.688. The minimum Gasteiger partial charge on any atom is -0.350 e. The molecule has 22 heavy (non-hydrogen) atoms. The Balaban J connectivity index is 1.61. The van der Waals surface area contributed by atoms with Crippen molar-refractivity contribution in [2.24, 2.45) is 0 Å². The van der Waals surface area contributed by atoms with Crippen molar-refractivity contribution in [3.8, 4) is 0 Å². The van der Waals surface area contributed by atoms with Crippen molar-refractivity contribution in [3.63, 3.8) is 0 Å². The zero-order chi connectivity index (χ0) is 15.4. The van der Waals surface area contributed by atoms with Crippen LogP contribution in [0.1, 0.15) is 49.5 Å². The van der Waals surface area contributed by atoms with Crippen LogP contribution in [-0.4, -0.2) is 47.6 Å². The molecule has 1 saturated heterocycles. The number of hydrogen-bond acceptors (Lipinski definition) is 5. The summed E-state index contributed by atoms with van der Waals surface area (Å²) in [4.78, 5) is 23.2. The van der Waals surface area contributed by atoms with E-state index in [9.17, 15) is 4.79 Å². The Morgan fingerprint density at radius 2 is 2.09 bits per heavy atom. The zero-order valence-corrected chi connectivity index (χ0v) is 13.2. The lowest BCUT2D eigenvalue weighted by molar-refractivity contribution is 0.0922. The third-order valence-corrected chi connectivity index (χ3v) is 4.61. The Labute approximate surface area is 131 Å². The summed E-state index contributed by atoms with van der Waals surface area (Å²) in [7, 11) is 0. The lowest BCUT2D eigenvalue weighted by Crippen LogP contribution is -2.50. The summed E-state index contributed by atoms with van der Waals surface area (Å²) in [6, 6.07) is 0.695. The SMILES string of the molecule is C[C@H]1CNCCN1c1cnc(C(=O)NC2CCCCC2)cn1. The van der Waals surface area contributed by atoms with Gasteiger partial charge in [-0.15, -0.1) is 0 Å². The van der Waals surface area contributed by atoms with Crippen molar-refractivity contribution >= 4 is 11.7 Å². The predicted molar refractivity (Wildman–Crippen MR) is 86.0 cm³/mol. The van der Waals surface area contributed by atoms with Crippen LogP contribution < -0.4 is 15.5 Å². The minimum atomic E-state index is -0.0979. The highest BCUT2D eigenvalue weighted by atomic mass is 16.1. The molecule has 2 aliphatic rings. The van der Waals surface area contributed by atoms with E-state index in [1.54, 1.807) is 12.4 Å². The average molecular weight is 303 g/mol. The monoisotopic (exact) mass is 303 g/mol. The summed E-state index contributed by atoms with van der Waals surface area (Å²) in [5, 5.41) is 6.43. The number of amides is 1. The van der Waals surface area contributed by atoms with E-state index in [1.807, 2.05) is 0 Å². The highest BCUT2D eigenvalue weighted by molar-refractivity contribution is 5.92. The normalized spacial score (nSPS) is 23.3. The number of aromatic nitrogens is 2. The Morgan fingerprint density at radius 1 is 1.27 bits per heavy atom. The molecule has 2 fully saturated rings. The van der Waals surface area contributed by atoms with Gasteiger partial charge in [-0.25, -0.2) is 9.97 Å². The van der Waals surface area contributed by atoms with Crippen molar-refractivity contribution in [2.75, 3.05) is 24.5 Å². The van der Waals surface area contributed by atoms with E-state index >= 15 is 0 Å². The summed E-state index contributed by atoms with van der Waals surface area (Å²) in [6.07, 6.45) is 9.17. The average Bonchev–Trinajstić information content (AvgIpc) is 2.56. The standard InChI is InChI=1S/C16H25N5O/c1-12-9-17-7-8-21(12)15-11-18-14(10-19-15)16(22)20-13-5-3-2-4-6-13/h10-13,17H,2-9H2,1H3,(H,20,22)/t12-/m0/s1. The number of piperazine rings is 1. The Kier molecular flexibility index (Phi) is 4.87. The first-order chi connectivity index (χ1) is 10.7. The maximum Gasteiger partial charge on any atom is 0.271 e. The Hall–Kier alpha value is -1.69. The number of carbonyl (C=O) groups is 1. The van der Waals surface area contributed by atoms with Crippen molar-refractivity contribution in [2.45, 2.75) is 51.1 Å². The van der Waals surface area contributed by atoms with E-state index in [-0.39, 0.29) is 5.91 Å². The number of rotatable bonds is 3. The van der Waals surface area contributed by atoms with Gasteiger partial charge in [0.25, 0.3) is 5.91 Å². The van der Waals surface area contributed by atoms with Crippen LogP contribution in [0, 0.1) is 0 Å². The summed E-state index contributed by atoms with van der Waals surface area (Å²) in [6.45, 7) is 4.99. The molecule has 1 aliphatic carbocycles. The number of hydrogen-bond donors (Lipinski definition) is 2. The van der Waals surface area contributed by atoms with E-state index in [0.717, 1.165) is 38.3 Å². The molecule has 6 heteroatoms. The highest BCUT2D eigenvalue weighted by Gasteiger charge is 2.21. The van der Waals surface area contributed by atoms with Gasteiger partial charge in [0, 0.05) is 31.7 Å². The second-order valence-corrected chi connectivity index (χ2v) is 6.31. The molecule has 0 aromatic carbocycles. The van der Waals surface area contributed by atoms with Crippen LogP contribution >= 0.6 is 0 Å². The molecule has 1 aromatic heterocycles. The van der Waals surface area contributed by atoms with Crippen LogP contribution in [0.2, 0.25) is 0 Å². The number of nitrogens with zero attached hydrogens (tertiary/aromatic N) is 3. The van der Waals surface area contributed by atoms with Gasteiger partial charge in [-0.1, -0.05) is 19.3 Å². The maximum atomic E-state index is 12.2. The molecule has 1 aromatic rings. The van der Waals surface area contributed by atoms with Crippen LogP contribution in [0.5, 0.6) is 0 Å². The lowest BCUT2D eigenvalue weighted by atomic mass is 9.95. The molecule has 0 bridgehead atoms. The van der Waals surface area contributed by atoms with Crippen molar-refractivity contribution in [1.82, 2.24) is 20.6 Å². The molecule has 2 N–H and O–H groups in total. The van der Waals surface area contributed by atoms with E-state index in [0.29, 0.717) is 17.8 Å². The quantitative estimate of drug-likeness (QED) is 0.882. The second-order valence-electron chi connectivity index (χ2n) is 6.31. The van der Waals surface area contributed by atoms with E-state index < -0.39 is 0 Å². The van der Waals surface area contributed by atoms with Gasteiger partial charge in [0.15, 0.2) is 0 Å². The number of nitrogens with one attached hydrogen (secondary N) is 2. The van der Waals surface area contributed by atoms with Gasteiger partial charge in [-0.05, 0) is 19.8 Å². The van der Waals surface area contributed by atoms with Crippen LogP contribution in [0.4, 0.5) is 5.82 Å². The third-order valence-electron chi connectivity index (χ3n) is 4.61. The van der Waals surface area contributed by atoms with Gasteiger partial charge >= 0.3 is 0 Å². The molecule has 0 radical (unpaired) electrons. The first-order valence-corrected chi connectivity index (χ1v) is 8.34. The van der Waals surface area contributed by atoms with E-state index in [4.69, 9.17) is 0 Å².